The fourth-order valence-corrected chi connectivity index (χ4v) is 3.93. The van der Waals surface area contributed by atoms with Crippen LogP contribution in [0.15, 0.2) is 18.2 Å². The smallest absolute Gasteiger partial charge is 0.164 e. The van der Waals surface area contributed by atoms with Gasteiger partial charge in [-0.1, -0.05) is 12.1 Å². The number of thiazole rings is 1. The molecule has 0 amide bonds. The molecule has 20 heavy (non-hydrogen) atoms. The second-order valence-electron chi connectivity index (χ2n) is 4.99. The maximum absolute atomic E-state index is 14.0. The van der Waals surface area contributed by atoms with Gasteiger partial charge in [0.05, 0.1) is 11.7 Å². The van der Waals surface area contributed by atoms with Crippen molar-refractivity contribution in [2.24, 2.45) is 0 Å². The van der Waals surface area contributed by atoms with Gasteiger partial charge in [0.2, 0.25) is 0 Å². The number of nitrogens with one attached hydrogen (secondary N) is 1. The topological polar surface area (TPSA) is 24.9 Å². The van der Waals surface area contributed by atoms with Crippen molar-refractivity contribution >= 4 is 11.3 Å². The predicted molar refractivity (Wildman–Crippen MR) is 76.0 cm³/mol. The summed E-state index contributed by atoms with van der Waals surface area (Å²) in [6, 6.07) is 3.89. The van der Waals surface area contributed by atoms with Gasteiger partial charge < -0.3 is 5.32 Å². The highest BCUT2D eigenvalue weighted by Crippen LogP contribution is 2.33. The van der Waals surface area contributed by atoms with E-state index in [2.05, 4.69) is 10.3 Å². The molecule has 2 nitrogen and oxygen atoms in total. The highest BCUT2D eigenvalue weighted by atomic mass is 32.1. The van der Waals surface area contributed by atoms with E-state index >= 15 is 0 Å². The van der Waals surface area contributed by atoms with Gasteiger partial charge in [-0.2, -0.15) is 0 Å². The van der Waals surface area contributed by atoms with Crippen LogP contribution in [0.5, 0.6) is 0 Å². The van der Waals surface area contributed by atoms with Crippen LogP contribution in [0.2, 0.25) is 0 Å². The van der Waals surface area contributed by atoms with E-state index in [0.29, 0.717) is 5.56 Å². The standard InChI is InChI=1S/C15H16F2N2S/c1-18-14(9-5-4-6-10(16)13(9)17)15-19-11-7-2-3-8-12(11)20-15/h4-6,14,18H,2-3,7-8H2,1H3. The number of halogens is 2. The molecule has 1 aliphatic carbocycles. The van der Waals surface area contributed by atoms with E-state index in [1.54, 1.807) is 24.5 Å². The first-order valence-electron chi connectivity index (χ1n) is 6.80. The fraction of sp³-hybridized carbons (Fsp3) is 0.400. The van der Waals surface area contributed by atoms with Gasteiger partial charge in [-0.25, -0.2) is 13.8 Å². The number of rotatable bonds is 3. The van der Waals surface area contributed by atoms with E-state index in [4.69, 9.17) is 0 Å². The Hall–Kier alpha value is -1.33. The maximum Gasteiger partial charge on any atom is 0.164 e. The summed E-state index contributed by atoms with van der Waals surface area (Å²) in [5.41, 5.74) is 1.45. The number of benzene rings is 1. The van der Waals surface area contributed by atoms with Crippen molar-refractivity contribution in [1.82, 2.24) is 10.3 Å². The molecule has 0 bridgehead atoms. The zero-order valence-electron chi connectivity index (χ0n) is 11.2. The van der Waals surface area contributed by atoms with Gasteiger partial charge >= 0.3 is 0 Å². The van der Waals surface area contributed by atoms with Crippen molar-refractivity contribution < 1.29 is 8.78 Å². The van der Waals surface area contributed by atoms with Gasteiger partial charge in [0.1, 0.15) is 5.01 Å². The lowest BCUT2D eigenvalue weighted by Crippen LogP contribution is -2.19. The van der Waals surface area contributed by atoms with E-state index < -0.39 is 11.6 Å². The van der Waals surface area contributed by atoms with Crippen molar-refractivity contribution in [3.8, 4) is 0 Å². The Bertz CT molecular complexity index is 601. The zero-order chi connectivity index (χ0) is 14.1. The van der Waals surface area contributed by atoms with Gasteiger partial charge in [0.15, 0.2) is 11.6 Å². The van der Waals surface area contributed by atoms with E-state index in [1.807, 2.05) is 0 Å². The SMILES string of the molecule is CNC(c1nc2c(s1)CCCC2)c1cccc(F)c1F. The molecule has 0 aliphatic heterocycles. The molecule has 5 heteroatoms. The summed E-state index contributed by atoms with van der Waals surface area (Å²) in [4.78, 5) is 5.93. The predicted octanol–water partition coefficient (Wildman–Crippen LogP) is 3.61. The largest absolute Gasteiger partial charge is 0.307 e. The van der Waals surface area contributed by atoms with Crippen molar-refractivity contribution in [1.29, 1.82) is 0 Å². The van der Waals surface area contributed by atoms with Crippen molar-refractivity contribution in [3.05, 3.63) is 51.0 Å². The molecular formula is C15H16F2N2S. The van der Waals surface area contributed by atoms with Crippen LogP contribution >= 0.6 is 11.3 Å². The Labute approximate surface area is 120 Å². The van der Waals surface area contributed by atoms with Crippen LogP contribution in [0.1, 0.15) is 40.0 Å². The Morgan fingerprint density at radius 3 is 2.80 bits per heavy atom. The zero-order valence-corrected chi connectivity index (χ0v) is 12.1. The van der Waals surface area contributed by atoms with Gasteiger partial charge in [-0.3, -0.25) is 0 Å². The average molecular weight is 294 g/mol. The van der Waals surface area contributed by atoms with Gasteiger partial charge in [-0.05, 0) is 38.8 Å². The van der Waals surface area contributed by atoms with Gasteiger partial charge in [0.25, 0.3) is 0 Å². The molecule has 1 atom stereocenters. The lowest BCUT2D eigenvalue weighted by Gasteiger charge is -2.14. The molecule has 1 unspecified atom stereocenters. The average Bonchev–Trinajstić information content (AvgIpc) is 2.87. The van der Waals surface area contributed by atoms with Crippen LogP contribution in [0.25, 0.3) is 0 Å². The quantitative estimate of drug-likeness (QED) is 0.935. The van der Waals surface area contributed by atoms with Crippen LogP contribution in [0.4, 0.5) is 8.78 Å². The molecule has 0 radical (unpaired) electrons. The molecule has 1 heterocycles. The van der Waals surface area contributed by atoms with E-state index in [9.17, 15) is 8.78 Å². The summed E-state index contributed by atoms with van der Waals surface area (Å²) in [6.45, 7) is 0. The molecule has 2 aromatic rings. The second-order valence-corrected chi connectivity index (χ2v) is 6.11. The molecule has 0 spiro atoms. The fourth-order valence-electron chi connectivity index (χ4n) is 2.65. The number of fused-ring (bicyclic) bond motifs is 1. The first kappa shape index (κ1) is 13.6. The van der Waals surface area contributed by atoms with E-state index in [1.165, 1.54) is 17.4 Å². The van der Waals surface area contributed by atoms with Gasteiger partial charge in [0, 0.05) is 10.4 Å². The summed E-state index contributed by atoms with van der Waals surface area (Å²) in [5, 5.41) is 3.88. The number of nitrogens with zero attached hydrogens (tertiary/aromatic N) is 1. The van der Waals surface area contributed by atoms with Crippen LogP contribution in [-0.2, 0) is 12.8 Å². The van der Waals surface area contributed by atoms with Crippen LogP contribution < -0.4 is 5.32 Å². The molecular weight excluding hydrogens is 278 g/mol. The summed E-state index contributed by atoms with van der Waals surface area (Å²) in [6.07, 6.45) is 4.39. The monoisotopic (exact) mass is 294 g/mol. The van der Waals surface area contributed by atoms with E-state index in [-0.39, 0.29) is 6.04 Å². The Morgan fingerprint density at radius 1 is 1.25 bits per heavy atom. The highest BCUT2D eigenvalue weighted by Gasteiger charge is 2.24. The summed E-state index contributed by atoms with van der Waals surface area (Å²) < 4.78 is 27.4. The van der Waals surface area contributed by atoms with Crippen LogP contribution in [0.3, 0.4) is 0 Å². The van der Waals surface area contributed by atoms with Crippen LogP contribution in [-0.4, -0.2) is 12.0 Å². The number of aryl methyl sites for hydroxylation is 2. The number of hydrogen-bond donors (Lipinski definition) is 1. The Kier molecular flexibility index (Phi) is 3.81. The van der Waals surface area contributed by atoms with Crippen molar-refractivity contribution in [2.45, 2.75) is 31.7 Å². The molecule has 3 rings (SSSR count). The lowest BCUT2D eigenvalue weighted by molar-refractivity contribution is 0.487. The lowest BCUT2D eigenvalue weighted by atomic mass is 10.0. The normalized spacial score (nSPS) is 15.9. The third kappa shape index (κ3) is 2.36. The second kappa shape index (κ2) is 5.58. The van der Waals surface area contributed by atoms with Gasteiger partial charge in [-0.15, -0.1) is 11.3 Å². The molecule has 1 aliphatic rings. The van der Waals surface area contributed by atoms with Crippen molar-refractivity contribution in [2.75, 3.05) is 7.05 Å². The maximum atomic E-state index is 14.0. The molecule has 0 fully saturated rings. The molecule has 0 saturated heterocycles. The van der Waals surface area contributed by atoms with Crippen molar-refractivity contribution in [3.63, 3.8) is 0 Å². The minimum atomic E-state index is -0.816. The first-order chi connectivity index (χ1) is 9.70. The molecule has 106 valence electrons. The number of hydrogen-bond acceptors (Lipinski definition) is 3. The minimum absolute atomic E-state index is 0.318. The summed E-state index contributed by atoms with van der Waals surface area (Å²) in [7, 11) is 1.75. The van der Waals surface area contributed by atoms with E-state index in [0.717, 1.165) is 36.0 Å². The minimum Gasteiger partial charge on any atom is -0.307 e. The Morgan fingerprint density at radius 2 is 2.05 bits per heavy atom. The third-order valence-corrected chi connectivity index (χ3v) is 4.91. The third-order valence-electron chi connectivity index (χ3n) is 3.69. The summed E-state index contributed by atoms with van der Waals surface area (Å²) in [5.74, 6) is -1.61. The summed E-state index contributed by atoms with van der Waals surface area (Å²) >= 11 is 1.61. The molecule has 1 N–H and O–H groups in total. The first-order valence-corrected chi connectivity index (χ1v) is 7.62. The molecule has 0 saturated carbocycles. The highest BCUT2D eigenvalue weighted by molar-refractivity contribution is 7.11. The van der Waals surface area contributed by atoms with Crippen LogP contribution in [0, 0.1) is 11.6 Å². The Balaban J connectivity index is 2.01. The number of aromatic nitrogens is 1. The molecule has 1 aromatic heterocycles. The molecule has 1 aromatic carbocycles.